The number of hydrogen-bond acceptors (Lipinski definition) is 4. The third-order valence-corrected chi connectivity index (χ3v) is 2.58. The van der Waals surface area contributed by atoms with E-state index in [4.69, 9.17) is 9.15 Å². The number of aryl methyl sites for hydroxylation is 1. The van der Waals surface area contributed by atoms with Gasteiger partial charge in [-0.05, 0) is 25.1 Å². The summed E-state index contributed by atoms with van der Waals surface area (Å²) in [4.78, 5) is 23.4. The van der Waals surface area contributed by atoms with Crippen molar-refractivity contribution >= 4 is 17.9 Å². The standard InChI is InChI=1S/C11H10N2O4/c1-5-2-3-6(16-5)4-7-8(14)12-10-11(17-10)13-9(7)15/h2-4,10-11H,1H3,(H,12,14)(H,13,15). The topological polar surface area (TPSA) is 83.9 Å². The van der Waals surface area contributed by atoms with E-state index in [-0.39, 0.29) is 5.57 Å². The number of epoxide rings is 1. The Kier molecular flexibility index (Phi) is 2.05. The highest BCUT2D eigenvalue weighted by Crippen LogP contribution is 2.21. The molecule has 2 saturated heterocycles. The highest BCUT2D eigenvalue weighted by Gasteiger charge is 2.46. The maximum Gasteiger partial charge on any atom is 0.259 e. The molecule has 2 aliphatic heterocycles. The van der Waals surface area contributed by atoms with Crippen LogP contribution in [-0.4, -0.2) is 24.3 Å². The van der Waals surface area contributed by atoms with Crippen molar-refractivity contribution in [2.24, 2.45) is 0 Å². The lowest BCUT2D eigenvalue weighted by Crippen LogP contribution is -2.30. The van der Waals surface area contributed by atoms with E-state index in [9.17, 15) is 9.59 Å². The molecule has 2 aliphatic rings. The average molecular weight is 234 g/mol. The van der Waals surface area contributed by atoms with Crippen LogP contribution in [-0.2, 0) is 14.3 Å². The molecule has 1 aromatic heterocycles. The van der Waals surface area contributed by atoms with Crippen molar-refractivity contribution in [3.8, 4) is 0 Å². The summed E-state index contributed by atoms with van der Waals surface area (Å²) < 4.78 is 10.3. The number of ether oxygens (including phenoxy) is 1. The minimum atomic E-state index is -0.457. The second-order valence-corrected chi connectivity index (χ2v) is 3.93. The molecule has 2 amide bonds. The number of hydrogen-bond donors (Lipinski definition) is 2. The smallest absolute Gasteiger partial charge is 0.259 e. The number of carbonyl (C=O) groups excluding carboxylic acids is 2. The summed E-state index contributed by atoms with van der Waals surface area (Å²) in [6.07, 6.45) is 0.606. The zero-order chi connectivity index (χ0) is 12.0. The molecule has 0 radical (unpaired) electrons. The van der Waals surface area contributed by atoms with Gasteiger partial charge in [0.05, 0.1) is 0 Å². The quantitative estimate of drug-likeness (QED) is 0.404. The predicted octanol–water partition coefficient (Wildman–Crippen LogP) is -0.100. The lowest BCUT2D eigenvalue weighted by molar-refractivity contribution is -0.123. The SMILES string of the molecule is Cc1ccc(C=C2C(=O)NC3OC3NC2=O)o1. The van der Waals surface area contributed by atoms with E-state index < -0.39 is 24.3 Å². The van der Waals surface area contributed by atoms with Crippen LogP contribution in [0.25, 0.3) is 6.08 Å². The van der Waals surface area contributed by atoms with E-state index in [0.717, 1.165) is 5.76 Å². The molecule has 17 heavy (non-hydrogen) atoms. The van der Waals surface area contributed by atoms with Gasteiger partial charge in [-0.3, -0.25) is 9.59 Å². The highest BCUT2D eigenvalue weighted by molar-refractivity contribution is 6.22. The van der Waals surface area contributed by atoms with Gasteiger partial charge in [0, 0.05) is 0 Å². The van der Waals surface area contributed by atoms with Crippen molar-refractivity contribution in [1.82, 2.24) is 10.6 Å². The monoisotopic (exact) mass is 234 g/mol. The Bertz CT molecular complexity index is 507. The molecular weight excluding hydrogens is 224 g/mol. The van der Waals surface area contributed by atoms with Crippen LogP contribution < -0.4 is 10.6 Å². The molecule has 2 N–H and O–H groups in total. The maximum absolute atomic E-state index is 11.7. The number of furan rings is 1. The molecule has 0 bridgehead atoms. The molecule has 0 aromatic carbocycles. The first-order chi connectivity index (χ1) is 8.13. The number of amides is 2. The molecule has 6 nitrogen and oxygen atoms in total. The van der Waals surface area contributed by atoms with E-state index >= 15 is 0 Å². The first-order valence-corrected chi connectivity index (χ1v) is 5.19. The second kappa shape index (κ2) is 3.46. The van der Waals surface area contributed by atoms with Crippen LogP contribution >= 0.6 is 0 Å². The molecule has 0 saturated carbocycles. The Morgan fingerprint density at radius 3 is 2.35 bits per heavy atom. The van der Waals surface area contributed by atoms with Crippen molar-refractivity contribution in [2.45, 2.75) is 19.4 Å². The fraction of sp³-hybridized carbons (Fsp3) is 0.273. The van der Waals surface area contributed by atoms with E-state index in [0.29, 0.717) is 5.76 Å². The largest absolute Gasteiger partial charge is 0.462 e. The van der Waals surface area contributed by atoms with Crippen LogP contribution in [0.3, 0.4) is 0 Å². The highest BCUT2D eigenvalue weighted by atomic mass is 16.6. The molecule has 2 unspecified atom stereocenters. The number of fused-ring (bicyclic) bond motifs is 1. The third kappa shape index (κ3) is 1.83. The Balaban J connectivity index is 1.92. The maximum atomic E-state index is 11.7. The molecule has 1 aromatic rings. The summed E-state index contributed by atoms with van der Waals surface area (Å²) in [5, 5.41) is 5.14. The Morgan fingerprint density at radius 2 is 1.82 bits per heavy atom. The van der Waals surface area contributed by atoms with Gasteiger partial charge in [-0.15, -0.1) is 0 Å². The van der Waals surface area contributed by atoms with Crippen molar-refractivity contribution in [2.75, 3.05) is 0 Å². The van der Waals surface area contributed by atoms with Crippen LogP contribution in [0.5, 0.6) is 0 Å². The minimum Gasteiger partial charge on any atom is -0.462 e. The third-order valence-electron chi connectivity index (χ3n) is 2.58. The summed E-state index contributed by atoms with van der Waals surface area (Å²) in [6, 6.07) is 3.46. The molecular formula is C11H10N2O4. The molecule has 88 valence electrons. The van der Waals surface area contributed by atoms with Crippen LogP contribution in [0.4, 0.5) is 0 Å². The average Bonchev–Trinajstić information content (AvgIpc) is 2.86. The molecule has 2 fully saturated rings. The van der Waals surface area contributed by atoms with Crippen molar-refractivity contribution in [1.29, 1.82) is 0 Å². The summed E-state index contributed by atoms with van der Waals surface area (Å²) >= 11 is 0. The molecule has 6 heteroatoms. The van der Waals surface area contributed by atoms with E-state index in [2.05, 4.69) is 10.6 Å². The van der Waals surface area contributed by atoms with Gasteiger partial charge >= 0.3 is 0 Å². The summed E-state index contributed by atoms with van der Waals surface area (Å²) in [5.41, 5.74) is 0.0233. The normalized spacial score (nSPS) is 26.8. The van der Waals surface area contributed by atoms with Gasteiger partial charge in [0.25, 0.3) is 11.8 Å². The van der Waals surface area contributed by atoms with Crippen LogP contribution in [0.15, 0.2) is 22.1 Å². The van der Waals surface area contributed by atoms with Gasteiger partial charge in [0.1, 0.15) is 17.1 Å². The van der Waals surface area contributed by atoms with Gasteiger partial charge < -0.3 is 19.8 Å². The first kappa shape index (κ1) is 10.1. The fourth-order valence-electron chi connectivity index (χ4n) is 1.65. The van der Waals surface area contributed by atoms with Crippen LogP contribution in [0.1, 0.15) is 11.5 Å². The molecule has 0 aliphatic carbocycles. The van der Waals surface area contributed by atoms with Crippen molar-refractivity contribution in [3.63, 3.8) is 0 Å². The summed E-state index contributed by atoms with van der Waals surface area (Å²) in [6.45, 7) is 1.79. The number of nitrogens with one attached hydrogen (secondary N) is 2. The van der Waals surface area contributed by atoms with Gasteiger partial charge in [0.2, 0.25) is 0 Å². The molecule has 3 heterocycles. The Morgan fingerprint density at radius 1 is 1.18 bits per heavy atom. The van der Waals surface area contributed by atoms with Crippen LogP contribution in [0.2, 0.25) is 0 Å². The summed E-state index contributed by atoms with van der Waals surface area (Å²) in [5.74, 6) is 0.278. The van der Waals surface area contributed by atoms with E-state index in [1.165, 1.54) is 6.08 Å². The Hall–Kier alpha value is -2.08. The minimum absolute atomic E-state index is 0.0233. The molecule has 0 spiro atoms. The molecule has 3 rings (SSSR count). The van der Waals surface area contributed by atoms with E-state index in [1.54, 1.807) is 19.1 Å². The van der Waals surface area contributed by atoms with Gasteiger partial charge in [-0.2, -0.15) is 0 Å². The van der Waals surface area contributed by atoms with Crippen molar-refractivity contribution in [3.05, 3.63) is 29.2 Å². The van der Waals surface area contributed by atoms with Crippen LogP contribution in [0, 0.1) is 6.92 Å². The first-order valence-electron chi connectivity index (χ1n) is 5.19. The fourth-order valence-corrected chi connectivity index (χ4v) is 1.65. The number of rotatable bonds is 1. The van der Waals surface area contributed by atoms with Gasteiger partial charge in [0.15, 0.2) is 12.5 Å². The van der Waals surface area contributed by atoms with E-state index in [1.807, 2.05) is 0 Å². The zero-order valence-corrected chi connectivity index (χ0v) is 9.02. The number of carbonyl (C=O) groups is 2. The summed E-state index contributed by atoms with van der Waals surface area (Å²) in [7, 11) is 0. The lowest BCUT2D eigenvalue weighted by Gasteiger charge is -2.02. The second-order valence-electron chi connectivity index (χ2n) is 3.93. The van der Waals surface area contributed by atoms with Gasteiger partial charge in [-0.25, -0.2) is 0 Å². The molecule has 2 atom stereocenters. The lowest BCUT2D eigenvalue weighted by atomic mass is 10.2. The van der Waals surface area contributed by atoms with Gasteiger partial charge in [-0.1, -0.05) is 0 Å². The zero-order valence-electron chi connectivity index (χ0n) is 9.02. The van der Waals surface area contributed by atoms with Crippen molar-refractivity contribution < 1.29 is 18.7 Å². The predicted molar refractivity (Wildman–Crippen MR) is 56.4 cm³/mol. The Labute approximate surface area is 96.6 Å².